The number of nitrogens with one attached hydrogen (secondary N) is 2. The Labute approximate surface area is 125 Å². The van der Waals surface area contributed by atoms with Gasteiger partial charge in [-0.05, 0) is 18.6 Å². The van der Waals surface area contributed by atoms with Gasteiger partial charge in [0.1, 0.15) is 5.82 Å². The lowest BCUT2D eigenvalue weighted by Gasteiger charge is -2.21. The standard InChI is InChI=1S/C12H18F3N5S/c1-2-21-8-5-3-4-7(8)17-10-6-9(12(13,14)15)18-11(19-10)20-16/h6-8H,2-5,16H2,1H3,(H2,17,18,19,20). The number of anilines is 2. The molecule has 1 fully saturated rings. The molecule has 0 spiro atoms. The molecule has 1 aliphatic carbocycles. The monoisotopic (exact) mass is 321 g/mol. The first-order valence-corrected chi connectivity index (χ1v) is 7.80. The molecule has 0 aliphatic heterocycles. The van der Waals surface area contributed by atoms with Gasteiger partial charge in [0, 0.05) is 17.4 Å². The second kappa shape index (κ2) is 6.69. The number of hydrogen-bond acceptors (Lipinski definition) is 6. The van der Waals surface area contributed by atoms with E-state index in [4.69, 9.17) is 5.84 Å². The minimum absolute atomic E-state index is 0.122. The fraction of sp³-hybridized carbons (Fsp3) is 0.667. The molecule has 1 heterocycles. The van der Waals surface area contributed by atoms with Gasteiger partial charge in [-0.15, -0.1) is 0 Å². The first-order valence-electron chi connectivity index (χ1n) is 6.75. The fourth-order valence-corrected chi connectivity index (χ4v) is 3.62. The van der Waals surface area contributed by atoms with Crippen LogP contribution in [0.15, 0.2) is 6.07 Å². The van der Waals surface area contributed by atoms with Crippen LogP contribution in [-0.4, -0.2) is 27.0 Å². The van der Waals surface area contributed by atoms with Crippen LogP contribution in [-0.2, 0) is 6.18 Å². The van der Waals surface area contributed by atoms with E-state index in [-0.39, 0.29) is 17.8 Å². The lowest BCUT2D eigenvalue weighted by Crippen LogP contribution is -2.27. The Morgan fingerprint density at radius 2 is 2.14 bits per heavy atom. The van der Waals surface area contributed by atoms with Crippen molar-refractivity contribution >= 4 is 23.5 Å². The Bertz CT molecular complexity index is 482. The maximum Gasteiger partial charge on any atom is 0.433 e. The molecule has 1 saturated carbocycles. The second-order valence-electron chi connectivity index (χ2n) is 4.78. The number of nitrogens with zero attached hydrogens (tertiary/aromatic N) is 2. The van der Waals surface area contributed by atoms with Gasteiger partial charge < -0.3 is 5.32 Å². The molecule has 0 aromatic carbocycles. The Kier molecular flexibility index (Phi) is 5.15. The van der Waals surface area contributed by atoms with Gasteiger partial charge in [0.05, 0.1) is 0 Å². The van der Waals surface area contributed by atoms with Crippen molar-refractivity contribution in [1.29, 1.82) is 0 Å². The molecule has 4 N–H and O–H groups in total. The van der Waals surface area contributed by atoms with E-state index in [1.807, 2.05) is 11.8 Å². The molecule has 9 heteroatoms. The molecule has 0 saturated heterocycles. The molecule has 0 amide bonds. The first kappa shape index (κ1) is 16.2. The third-order valence-electron chi connectivity index (χ3n) is 3.31. The summed E-state index contributed by atoms with van der Waals surface area (Å²) in [4.78, 5) is 7.29. The lowest BCUT2D eigenvalue weighted by atomic mass is 10.2. The van der Waals surface area contributed by atoms with Crippen LogP contribution in [0.2, 0.25) is 0 Å². The van der Waals surface area contributed by atoms with Gasteiger partial charge in [-0.25, -0.2) is 10.8 Å². The summed E-state index contributed by atoms with van der Waals surface area (Å²) in [5.74, 6) is 6.03. The zero-order chi connectivity index (χ0) is 15.5. The highest BCUT2D eigenvalue weighted by molar-refractivity contribution is 7.99. The van der Waals surface area contributed by atoms with E-state index in [0.29, 0.717) is 5.25 Å². The van der Waals surface area contributed by atoms with Crippen molar-refractivity contribution in [2.75, 3.05) is 16.5 Å². The smallest absolute Gasteiger partial charge is 0.366 e. The molecule has 21 heavy (non-hydrogen) atoms. The van der Waals surface area contributed by atoms with Crippen LogP contribution >= 0.6 is 11.8 Å². The summed E-state index contributed by atoms with van der Waals surface area (Å²) < 4.78 is 38.4. The highest BCUT2D eigenvalue weighted by Gasteiger charge is 2.34. The van der Waals surface area contributed by atoms with Gasteiger partial charge in [0.2, 0.25) is 5.95 Å². The number of nitrogens with two attached hydrogens (primary N) is 1. The van der Waals surface area contributed by atoms with Crippen LogP contribution in [0.4, 0.5) is 24.9 Å². The number of hydrogen-bond donors (Lipinski definition) is 3. The van der Waals surface area contributed by atoms with Crippen molar-refractivity contribution in [3.8, 4) is 0 Å². The molecule has 2 unspecified atom stereocenters. The van der Waals surface area contributed by atoms with Crippen LogP contribution in [0.3, 0.4) is 0 Å². The van der Waals surface area contributed by atoms with Gasteiger partial charge in [-0.3, -0.25) is 5.43 Å². The van der Waals surface area contributed by atoms with Crippen LogP contribution in [0.25, 0.3) is 0 Å². The zero-order valence-corrected chi connectivity index (χ0v) is 12.4. The molecule has 0 bridgehead atoms. The number of alkyl halides is 3. The fourth-order valence-electron chi connectivity index (χ4n) is 2.43. The summed E-state index contributed by atoms with van der Waals surface area (Å²) in [6.07, 6.45) is -1.48. The van der Waals surface area contributed by atoms with Crippen molar-refractivity contribution < 1.29 is 13.2 Å². The van der Waals surface area contributed by atoms with E-state index in [2.05, 4.69) is 27.6 Å². The highest BCUT2D eigenvalue weighted by Crippen LogP contribution is 2.33. The van der Waals surface area contributed by atoms with Gasteiger partial charge in [-0.2, -0.15) is 29.9 Å². The zero-order valence-electron chi connectivity index (χ0n) is 11.6. The molecule has 1 aromatic heterocycles. The average Bonchev–Trinajstić information content (AvgIpc) is 2.85. The summed E-state index contributed by atoms with van der Waals surface area (Å²) >= 11 is 1.82. The van der Waals surface area contributed by atoms with E-state index < -0.39 is 11.9 Å². The summed E-state index contributed by atoms with van der Waals surface area (Å²) in [6.45, 7) is 2.07. The molecule has 1 aliphatic rings. The quantitative estimate of drug-likeness (QED) is 0.572. The summed E-state index contributed by atoms with van der Waals surface area (Å²) in [7, 11) is 0. The molecule has 2 rings (SSSR count). The van der Waals surface area contributed by atoms with E-state index in [1.165, 1.54) is 0 Å². The SMILES string of the molecule is CCSC1CCCC1Nc1cc(C(F)(F)F)nc(NN)n1. The number of thioether (sulfide) groups is 1. The van der Waals surface area contributed by atoms with Crippen LogP contribution in [0.1, 0.15) is 31.9 Å². The third-order valence-corrected chi connectivity index (χ3v) is 4.64. The molecule has 5 nitrogen and oxygen atoms in total. The number of aromatic nitrogens is 2. The Morgan fingerprint density at radius 1 is 1.38 bits per heavy atom. The van der Waals surface area contributed by atoms with E-state index in [0.717, 1.165) is 31.1 Å². The summed E-state index contributed by atoms with van der Waals surface area (Å²) in [5.41, 5.74) is 1.07. The van der Waals surface area contributed by atoms with Gasteiger partial charge in [0.25, 0.3) is 0 Å². The van der Waals surface area contributed by atoms with Crippen molar-refractivity contribution in [2.24, 2.45) is 5.84 Å². The second-order valence-corrected chi connectivity index (χ2v) is 6.30. The largest absolute Gasteiger partial charge is 0.433 e. The normalized spacial score (nSPS) is 22.3. The summed E-state index contributed by atoms with van der Waals surface area (Å²) in [5, 5.41) is 3.49. The Balaban J connectivity index is 2.19. The van der Waals surface area contributed by atoms with Gasteiger partial charge >= 0.3 is 6.18 Å². The Hall–Kier alpha value is -1.22. The summed E-state index contributed by atoms with van der Waals surface area (Å²) in [6, 6.07) is 1.05. The minimum atomic E-state index is -4.53. The molecule has 0 radical (unpaired) electrons. The molecule has 1 aromatic rings. The highest BCUT2D eigenvalue weighted by atomic mass is 32.2. The minimum Gasteiger partial charge on any atom is -0.366 e. The van der Waals surface area contributed by atoms with E-state index in [9.17, 15) is 13.2 Å². The third kappa shape index (κ3) is 4.13. The average molecular weight is 321 g/mol. The topological polar surface area (TPSA) is 75.9 Å². The van der Waals surface area contributed by atoms with Crippen molar-refractivity contribution in [3.05, 3.63) is 11.8 Å². The predicted octanol–water partition coefficient (Wildman–Crippen LogP) is 2.87. The van der Waals surface area contributed by atoms with Crippen LogP contribution in [0.5, 0.6) is 0 Å². The first-order chi connectivity index (χ1) is 9.94. The maximum absolute atomic E-state index is 12.8. The van der Waals surface area contributed by atoms with Crippen LogP contribution < -0.4 is 16.6 Å². The molecule has 2 atom stereocenters. The molecule has 118 valence electrons. The molecular formula is C12H18F3N5S. The lowest BCUT2D eigenvalue weighted by molar-refractivity contribution is -0.141. The van der Waals surface area contributed by atoms with E-state index >= 15 is 0 Å². The molecular weight excluding hydrogens is 303 g/mol. The van der Waals surface area contributed by atoms with Crippen molar-refractivity contribution in [3.63, 3.8) is 0 Å². The number of rotatable bonds is 5. The van der Waals surface area contributed by atoms with Gasteiger partial charge in [-0.1, -0.05) is 13.3 Å². The van der Waals surface area contributed by atoms with Gasteiger partial charge in [0.15, 0.2) is 5.69 Å². The Morgan fingerprint density at radius 3 is 2.76 bits per heavy atom. The number of hydrazine groups is 1. The van der Waals surface area contributed by atoms with Crippen LogP contribution in [0, 0.1) is 0 Å². The maximum atomic E-state index is 12.8. The van der Waals surface area contributed by atoms with Crippen molar-refractivity contribution in [2.45, 2.75) is 43.7 Å². The number of nitrogen functional groups attached to an aromatic ring is 1. The van der Waals surface area contributed by atoms with Crippen molar-refractivity contribution in [1.82, 2.24) is 9.97 Å². The predicted molar refractivity (Wildman–Crippen MR) is 78.0 cm³/mol. The number of halogens is 3. The van der Waals surface area contributed by atoms with E-state index in [1.54, 1.807) is 0 Å².